The SMILES string of the molecule is CC/C=C\C/C=C\C/C=C\CCCCCC(=O)OC1C(OCC(COC(=O)CCCCCCC/C=C\CCCC)OC(=O)CCCCCCCCCCCCC)OC(C(=O)O)C(O)C1O. The summed E-state index contributed by atoms with van der Waals surface area (Å²) < 4.78 is 28.2. The van der Waals surface area contributed by atoms with Crippen molar-refractivity contribution in [2.24, 2.45) is 0 Å². The zero-order valence-electron chi connectivity index (χ0n) is 40.7. The van der Waals surface area contributed by atoms with Crippen LogP contribution in [0, 0.1) is 0 Å². The molecule has 6 unspecified atom stereocenters. The number of aliphatic carboxylic acids is 1. The highest BCUT2D eigenvalue weighted by molar-refractivity contribution is 5.74. The maximum absolute atomic E-state index is 13.0. The number of carbonyl (C=O) groups excluding carboxylic acids is 3. The highest BCUT2D eigenvalue weighted by Gasteiger charge is 2.50. The number of carboxylic acids is 1. The van der Waals surface area contributed by atoms with Crippen molar-refractivity contribution < 1.29 is 58.2 Å². The number of ether oxygens (including phenoxy) is 5. The molecule has 1 fully saturated rings. The number of carboxylic acid groups (broad SMARTS) is 1. The van der Waals surface area contributed by atoms with Gasteiger partial charge in [0.2, 0.25) is 0 Å². The monoisotopic (exact) mass is 919 g/mol. The second kappa shape index (κ2) is 42.1. The predicted octanol–water partition coefficient (Wildman–Crippen LogP) is 11.9. The summed E-state index contributed by atoms with van der Waals surface area (Å²) in [4.78, 5) is 50.7. The van der Waals surface area contributed by atoms with E-state index in [2.05, 4.69) is 69.4 Å². The highest BCUT2D eigenvalue weighted by Crippen LogP contribution is 2.26. The van der Waals surface area contributed by atoms with Crippen LogP contribution in [-0.2, 0) is 42.9 Å². The first-order valence-electron chi connectivity index (χ1n) is 25.6. The van der Waals surface area contributed by atoms with E-state index < -0.39 is 67.3 Å². The number of hydrogen-bond donors (Lipinski definition) is 3. The number of rotatable bonds is 42. The predicted molar refractivity (Wildman–Crippen MR) is 257 cm³/mol. The molecular formula is C53H90O12. The molecule has 65 heavy (non-hydrogen) atoms. The summed E-state index contributed by atoms with van der Waals surface area (Å²) in [6.07, 6.45) is 35.4. The minimum Gasteiger partial charge on any atom is -0.479 e. The van der Waals surface area contributed by atoms with Gasteiger partial charge in [0.1, 0.15) is 18.8 Å². The molecule has 6 atom stereocenters. The van der Waals surface area contributed by atoms with Crippen molar-refractivity contribution in [2.45, 2.75) is 250 Å². The Balaban J connectivity index is 2.76. The summed E-state index contributed by atoms with van der Waals surface area (Å²) in [6, 6.07) is 0. The topological polar surface area (TPSA) is 175 Å². The Hall–Kier alpha value is -3.32. The second-order valence-corrected chi connectivity index (χ2v) is 17.4. The van der Waals surface area contributed by atoms with E-state index >= 15 is 0 Å². The Kier molecular flexibility index (Phi) is 38.6. The molecule has 374 valence electrons. The molecule has 0 aliphatic carbocycles. The Labute approximate surface area is 393 Å². The molecule has 0 aromatic carbocycles. The van der Waals surface area contributed by atoms with Crippen LogP contribution in [-0.4, -0.2) is 89.2 Å². The lowest BCUT2D eigenvalue weighted by atomic mass is 9.98. The van der Waals surface area contributed by atoms with Gasteiger partial charge in [-0.05, 0) is 70.6 Å². The molecule has 1 aliphatic rings. The van der Waals surface area contributed by atoms with Crippen LogP contribution in [0.3, 0.4) is 0 Å². The van der Waals surface area contributed by atoms with Gasteiger partial charge in [-0.15, -0.1) is 0 Å². The molecule has 0 aromatic heterocycles. The Morgan fingerprint density at radius 3 is 1.55 bits per heavy atom. The summed E-state index contributed by atoms with van der Waals surface area (Å²) in [5.41, 5.74) is 0. The molecule has 0 aromatic rings. The molecule has 0 bridgehead atoms. The Bertz CT molecular complexity index is 1330. The fourth-order valence-electron chi connectivity index (χ4n) is 7.42. The van der Waals surface area contributed by atoms with Crippen LogP contribution < -0.4 is 0 Å². The first kappa shape index (κ1) is 59.7. The molecule has 12 heteroatoms. The summed E-state index contributed by atoms with van der Waals surface area (Å²) in [5, 5.41) is 31.3. The minimum absolute atomic E-state index is 0.0256. The average molecular weight is 919 g/mol. The molecule has 1 heterocycles. The second-order valence-electron chi connectivity index (χ2n) is 17.4. The van der Waals surface area contributed by atoms with Crippen LogP contribution in [0.4, 0.5) is 0 Å². The molecule has 1 saturated heterocycles. The van der Waals surface area contributed by atoms with E-state index in [0.717, 1.165) is 96.3 Å². The van der Waals surface area contributed by atoms with Crippen LogP contribution in [0.1, 0.15) is 213 Å². The summed E-state index contributed by atoms with van der Waals surface area (Å²) >= 11 is 0. The van der Waals surface area contributed by atoms with E-state index in [-0.39, 0.29) is 25.9 Å². The zero-order valence-corrected chi connectivity index (χ0v) is 40.7. The molecule has 0 saturated carbocycles. The Morgan fingerprint density at radius 1 is 0.523 bits per heavy atom. The van der Waals surface area contributed by atoms with Crippen LogP contribution in [0.25, 0.3) is 0 Å². The van der Waals surface area contributed by atoms with Gasteiger partial charge in [0.25, 0.3) is 0 Å². The quantitative estimate of drug-likeness (QED) is 0.0229. The molecule has 1 rings (SSSR count). The third-order valence-electron chi connectivity index (χ3n) is 11.4. The first-order chi connectivity index (χ1) is 31.6. The van der Waals surface area contributed by atoms with Gasteiger partial charge in [0, 0.05) is 19.3 Å². The normalized spacial score (nSPS) is 19.4. The van der Waals surface area contributed by atoms with Gasteiger partial charge in [0.15, 0.2) is 24.6 Å². The summed E-state index contributed by atoms with van der Waals surface area (Å²) in [6.45, 7) is 5.78. The van der Waals surface area contributed by atoms with Gasteiger partial charge >= 0.3 is 23.9 Å². The molecule has 3 N–H and O–H groups in total. The van der Waals surface area contributed by atoms with Gasteiger partial charge < -0.3 is 39.0 Å². The number of aliphatic hydroxyl groups excluding tert-OH is 2. The number of aliphatic hydroxyl groups is 2. The first-order valence-corrected chi connectivity index (χ1v) is 25.6. The summed E-state index contributed by atoms with van der Waals surface area (Å²) in [7, 11) is 0. The highest BCUT2D eigenvalue weighted by atomic mass is 16.7. The maximum atomic E-state index is 13.0. The average Bonchev–Trinajstić information content (AvgIpc) is 3.29. The largest absolute Gasteiger partial charge is 0.479 e. The van der Waals surface area contributed by atoms with E-state index in [9.17, 15) is 34.5 Å². The third kappa shape index (κ3) is 32.9. The number of hydrogen-bond acceptors (Lipinski definition) is 11. The molecule has 0 amide bonds. The lowest BCUT2D eigenvalue weighted by Crippen LogP contribution is -2.61. The maximum Gasteiger partial charge on any atom is 0.335 e. The van der Waals surface area contributed by atoms with E-state index in [4.69, 9.17) is 23.7 Å². The van der Waals surface area contributed by atoms with Crippen LogP contribution in [0.15, 0.2) is 48.6 Å². The molecule has 12 nitrogen and oxygen atoms in total. The van der Waals surface area contributed by atoms with Crippen LogP contribution in [0.5, 0.6) is 0 Å². The van der Waals surface area contributed by atoms with Crippen molar-refractivity contribution in [3.63, 3.8) is 0 Å². The minimum atomic E-state index is -1.91. The van der Waals surface area contributed by atoms with Crippen molar-refractivity contribution in [1.82, 2.24) is 0 Å². The zero-order chi connectivity index (χ0) is 47.6. The molecule has 0 radical (unpaired) electrons. The van der Waals surface area contributed by atoms with E-state index in [1.807, 2.05) is 0 Å². The molecule has 0 spiro atoms. The van der Waals surface area contributed by atoms with Crippen molar-refractivity contribution in [2.75, 3.05) is 13.2 Å². The summed E-state index contributed by atoms with van der Waals surface area (Å²) in [5.74, 6) is -3.17. The van der Waals surface area contributed by atoms with Gasteiger partial charge in [0.05, 0.1) is 6.61 Å². The smallest absolute Gasteiger partial charge is 0.335 e. The fraction of sp³-hybridized carbons (Fsp3) is 0.774. The Morgan fingerprint density at radius 2 is 0.985 bits per heavy atom. The van der Waals surface area contributed by atoms with E-state index in [0.29, 0.717) is 19.3 Å². The van der Waals surface area contributed by atoms with Gasteiger partial charge in [-0.1, -0.05) is 172 Å². The van der Waals surface area contributed by atoms with Crippen LogP contribution >= 0.6 is 0 Å². The third-order valence-corrected chi connectivity index (χ3v) is 11.4. The number of allylic oxidation sites excluding steroid dienone is 8. The van der Waals surface area contributed by atoms with Crippen molar-refractivity contribution >= 4 is 23.9 Å². The number of carbonyl (C=O) groups is 4. The number of esters is 3. The van der Waals surface area contributed by atoms with Crippen molar-refractivity contribution in [3.05, 3.63) is 48.6 Å². The number of unbranched alkanes of at least 4 members (excludes halogenated alkanes) is 20. The van der Waals surface area contributed by atoms with E-state index in [1.54, 1.807) is 0 Å². The fourth-order valence-corrected chi connectivity index (χ4v) is 7.42. The van der Waals surface area contributed by atoms with Crippen molar-refractivity contribution in [1.29, 1.82) is 0 Å². The van der Waals surface area contributed by atoms with Gasteiger partial charge in [-0.2, -0.15) is 0 Å². The molecule has 1 aliphatic heterocycles. The van der Waals surface area contributed by atoms with E-state index in [1.165, 1.54) is 57.8 Å². The van der Waals surface area contributed by atoms with Gasteiger partial charge in [-0.3, -0.25) is 14.4 Å². The van der Waals surface area contributed by atoms with Crippen molar-refractivity contribution in [3.8, 4) is 0 Å². The lowest BCUT2D eigenvalue weighted by Gasteiger charge is -2.40. The van der Waals surface area contributed by atoms with Crippen LogP contribution in [0.2, 0.25) is 0 Å². The standard InChI is InChI=1S/C53H90O12/c1-4-7-10-13-16-19-22-23-26-29-32-35-38-41-47(56)64-51-49(58)48(57)50(52(59)60)65-53(51)62-43-44(63-46(55)40-37-34-31-28-25-21-18-15-12-9-6-3)42-61-45(54)39-36-33-30-27-24-20-17-14-11-8-5-2/h7,10,14,16-17,19,23,26,44,48-51,53,57-58H,4-6,8-9,11-13,15,18,20-22,24-25,27-43H2,1-3H3,(H,59,60)/b10-7-,17-14-,19-16-,26-23-. The molecular weight excluding hydrogens is 829 g/mol. The lowest BCUT2D eigenvalue weighted by molar-refractivity contribution is -0.301. The van der Waals surface area contributed by atoms with Gasteiger partial charge in [-0.25, -0.2) is 4.79 Å².